The van der Waals surface area contributed by atoms with Gasteiger partial charge in [-0.2, -0.15) is 0 Å². The molecule has 4 aromatic carbocycles. The maximum Gasteiger partial charge on any atom is 0.141 e. The minimum atomic E-state index is -0.505. The maximum atomic E-state index is 14.2. The van der Waals surface area contributed by atoms with E-state index < -0.39 is 11.6 Å². The fourth-order valence-corrected chi connectivity index (χ4v) is 3.43. The molecular weight excluding hydrogens is 318 g/mol. The molecule has 1 aromatic heterocycles. The third-order valence-corrected chi connectivity index (χ3v) is 4.56. The highest BCUT2D eigenvalue weighted by Gasteiger charge is 2.15. The van der Waals surface area contributed by atoms with Gasteiger partial charge in [0.05, 0.1) is 16.6 Å². The van der Waals surface area contributed by atoms with Gasteiger partial charge in [0.2, 0.25) is 0 Å². The van der Waals surface area contributed by atoms with Crippen LogP contribution in [-0.4, -0.2) is 9.97 Å². The van der Waals surface area contributed by atoms with Crippen molar-refractivity contribution >= 4 is 32.6 Å². The van der Waals surface area contributed by atoms with E-state index in [-0.39, 0.29) is 5.56 Å². The first-order chi connectivity index (χ1) is 12.2. The van der Waals surface area contributed by atoms with Gasteiger partial charge in [-0.05, 0) is 29.0 Å². The molecule has 0 aliphatic carbocycles. The first-order valence-corrected chi connectivity index (χ1v) is 7.97. The number of fused-ring (bicyclic) bond motifs is 6. The zero-order valence-corrected chi connectivity index (χ0v) is 13.1. The average molecular weight is 330 g/mol. The first-order valence-electron chi connectivity index (χ1n) is 7.97. The highest BCUT2D eigenvalue weighted by Crippen LogP contribution is 2.35. The van der Waals surface area contributed by atoms with Crippen molar-refractivity contribution in [3.63, 3.8) is 0 Å². The summed E-state index contributed by atoms with van der Waals surface area (Å²) in [7, 11) is 0. The summed E-state index contributed by atoms with van der Waals surface area (Å²) in [5, 5.41) is 4.17. The first kappa shape index (κ1) is 14.1. The molecule has 1 heterocycles. The predicted octanol–water partition coefficient (Wildman–Crippen LogP) is 5.81. The number of hydrogen-bond donors (Lipinski definition) is 1. The maximum absolute atomic E-state index is 14.2. The van der Waals surface area contributed by atoms with Gasteiger partial charge in [-0.3, -0.25) is 0 Å². The van der Waals surface area contributed by atoms with Crippen molar-refractivity contribution in [1.82, 2.24) is 9.97 Å². The second-order valence-electron chi connectivity index (χ2n) is 6.02. The summed E-state index contributed by atoms with van der Waals surface area (Å²) in [6, 6.07) is 19.4. The van der Waals surface area contributed by atoms with Gasteiger partial charge in [0.25, 0.3) is 0 Å². The van der Waals surface area contributed by atoms with Crippen molar-refractivity contribution in [3.8, 4) is 11.4 Å². The Balaban J connectivity index is 1.96. The standard InChI is InChI=1S/C21H12F2N2/c22-12-9-10-18(23)17(11-12)21-24-19-15-7-3-1-5-13(15)14-6-2-4-8-16(14)20(19)25-21/h1-11H,(H,24,25). The summed E-state index contributed by atoms with van der Waals surface area (Å²) in [6.45, 7) is 0. The van der Waals surface area contributed by atoms with Crippen LogP contribution < -0.4 is 0 Å². The molecule has 0 unspecified atom stereocenters. The Morgan fingerprint density at radius 1 is 0.720 bits per heavy atom. The zero-order valence-electron chi connectivity index (χ0n) is 13.1. The van der Waals surface area contributed by atoms with E-state index in [4.69, 9.17) is 0 Å². The quantitative estimate of drug-likeness (QED) is 0.386. The molecule has 0 saturated carbocycles. The van der Waals surface area contributed by atoms with Crippen LogP contribution in [0.15, 0.2) is 66.7 Å². The smallest absolute Gasteiger partial charge is 0.141 e. The van der Waals surface area contributed by atoms with E-state index in [9.17, 15) is 8.78 Å². The summed E-state index contributed by atoms with van der Waals surface area (Å²) < 4.78 is 27.8. The SMILES string of the molecule is Fc1ccc(F)c(-c2nc3c4ccccc4c4ccccc4c3[nH]2)c1. The van der Waals surface area contributed by atoms with Crippen LogP contribution in [0.25, 0.3) is 44.0 Å². The van der Waals surface area contributed by atoms with Crippen LogP contribution >= 0.6 is 0 Å². The molecule has 25 heavy (non-hydrogen) atoms. The van der Waals surface area contributed by atoms with Gasteiger partial charge in [-0.1, -0.05) is 48.5 Å². The lowest BCUT2D eigenvalue weighted by Crippen LogP contribution is -1.88. The minimum absolute atomic E-state index is 0.129. The highest BCUT2D eigenvalue weighted by molar-refractivity contribution is 6.23. The van der Waals surface area contributed by atoms with E-state index in [1.165, 1.54) is 0 Å². The van der Waals surface area contributed by atoms with Crippen LogP contribution in [0.3, 0.4) is 0 Å². The fraction of sp³-hybridized carbons (Fsp3) is 0. The number of nitrogens with zero attached hydrogens (tertiary/aromatic N) is 1. The van der Waals surface area contributed by atoms with Crippen molar-refractivity contribution in [1.29, 1.82) is 0 Å². The van der Waals surface area contributed by atoms with E-state index in [2.05, 4.69) is 16.0 Å². The molecule has 5 rings (SSSR count). The highest BCUT2D eigenvalue weighted by atomic mass is 19.1. The molecule has 0 radical (unpaired) electrons. The lowest BCUT2D eigenvalue weighted by atomic mass is 10.0. The molecule has 0 spiro atoms. The van der Waals surface area contributed by atoms with E-state index in [0.717, 1.165) is 50.8 Å². The van der Waals surface area contributed by atoms with Gasteiger partial charge in [-0.25, -0.2) is 13.8 Å². The second-order valence-corrected chi connectivity index (χ2v) is 6.02. The van der Waals surface area contributed by atoms with Crippen molar-refractivity contribution in [2.45, 2.75) is 0 Å². The predicted molar refractivity (Wildman–Crippen MR) is 96.5 cm³/mol. The van der Waals surface area contributed by atoms with E-state index >= 15 is 0 Å². The molecular formula is C21H12F2N2. The van der Waals surface area contributed by atoms with Gasteiger partial charge in [0.15, 0.2) is 0 Å². The van der Waals surface area contributed by atoms with Crippen LogP contribution in [0.5, 0.6) is 0 Å². The Morgan fingerprint density at radius 2 is 1.36 bits per heavy atom. The van der Waals surface area contributed by atoms with Crippen molar-refractivity contribution in [2.24, 2.45) is 0 Å². The van der Waals surface area contributed by atoms with Crippen LogP contribution in [0, 0.1) is 11.6 Å². The zero-order chi connectivity index (χ0) is 17.0. The van der Waals surface area contributed by atoms with Gasteiger partial charge < -0.3 is 4.98 Å². The Morgan fingerprint density at radius 3 is 2.12 bits per heavy atom. The Hall–Kier alpha value is -3.27. The Bertz CT molecular complexity index is 1200. The summed E-state index contributed by atoms with van der Waals surface area (Å²) in [4.78, 5) is 7.80. The normalized spacial score (nSPS) is 11.6. The van der Waals surface area contributed by atoms with Crippen molar-refractivity contribution < 1.29 is 8.78 Å². The molecule has 1 N–H and O–H groups in total. The molecule has 0 bridgehead atoms. The summed E-state index contributed by atoms with van der Waals surface area (Å²) in [5.74, 6) is -0.672. The van der Waals surface area contributed by atoms with Crippen LogP contribution in [0.2, 0.25) is 0 Å². The number of rotatable bonds is 1. The fourth-order valence-electron chi connectivity index (χ4n) is 3.43. The Kier molecular flexibility index (Phi) is 2.88. The number of hydrogen-bond acceptors (Lipinski definition) is 1. The molecule has 0 aliphatic rings. The van der Waals surface area contributed by atoms with Gasteiger partial charge >= 0.3 is 0 Å². The van der Waals surface area contributed by atoms with Crippen LogP contribution in [0.4, 0.5) is 8.78 Å². The number of aromatic nitrogens is 2. The number of benzene rings is 4. The molecule has 4 heteroatoms. The molecule has 0 atom stereocenters. The summed E-state index contributed by atoms with van der Waals surface area (Å²) in [5.41, 5.74) is 1.71. The largest absolute Gasteiger partial charge is 0.337 e. The Labute approximate surface area is 141 Å². The third-order valence-electron chi connectivity index (χ3n) is 4.56. The molecule has 5 aromatic rings. The monoisotopic (exact) mass is 330 g/mol. The minimum Gasteiger partial charge on any atom is -0.337 e. The summed E-state index contributed by atoms with van der Waals surface area (Å²) >= 11 is 0. The van der Waals surface area contributed by atoms with E-state index in [1.54, 1.807) is 0 Å². The molecule has 2 nitrogen and oxygen atoms in total. The lowest BCUT2D eigenvalue weighted by molar-refractivity contribution is 0.602. The number of H-pyrrole nitrogens is 1. The average Bonchev–Trinajstić information content (AvgIpc) is 3.09. The lowest BCUT2D eigenvalue weighted by Gasteiger charge is -2.05. The topological polar surface area (TPSA) is 28.7 Å². The van der Waals surface area contributed by atoms with Gasteiger partial charge in [0.1, 0.15) is 17.5 Å². The van der Waals surface area contributed by atoms with E-state index in [0.29, 0.717) is 5.82 Å². The second kappa shape index (κ2) is 5.11. The number of aromatic amines is 1. The third kappa shape index (κ3) is 2.04. The molecule has 0 fully saturated rings. The molecule has 120 valence electrons. The molecule has 0 saturated heterocycles. The number of nitrogens with one attached hydrogen (secondary N) is 1. The van der Waals surface area contributed by atoms with Crippen LogP contribution in [-0.2, 0) is 0 Å². The number of halogens is 2. The van der Waals surface area contributed by atoms with Gasteiger partial charge in [-0.15, -0.1) is 0 Å². The van der Waals surface area contributed by atoms with Crippen LogP contribution in [0.1, 0.15) is 0 Å². The van der Waals surface area contributed by atoms with E-state index in [1.807, 2.05) is 42.5 Å². The number of imidazole rings is 1. The summed E-state index contributed by atoms with van der Waals surface area (Å²) in [6.07, 6.45) is 0. The molecule has 0 amide bonds. The van der Waals surface area contributed by atoms with Gasteiger partial charge in [0, 0.05) is 10.8 Å². The molecule has 0 aliphatic heterocycles. The van der Waals surface area contributed by atoms with Crippen molar-refractivity contribution in [2.75, 3.05) is 0 Å². The van der Waals surface area contributed by atoms with Crippen molar-refractivity contribution in [3.05, 3.63) is 78.4 Å².